The molecule has 7 heteroatoms. The van der Waals surface area contributed by atoms with E-state index in [0.29, 0.717) is 6.61 Å². The first-order valence-electron chi connectivity index (χ1n) is 10.1. The molecule has 154 valence electrons. The van der Waals surface area contributed by atoms with Crippen molar-refractivity contribution < 1.29 is 4.74 Å². The van der Waals surface area contributed by atoms with Gasteiger partial charge in [0.15, 0.2) is 0 Å². The number of nitrogens with zero attached hydrogens (tertiary/aromatic N) is 5. The van der Waals surface area contributed by atoms with Crippen molar-refractivity contribution in [3.8, 4) is 5.75 Å². The van der Waals surface area contributed by atoms with E-state index < -0.39 is 0 Å². The van der Waals surface area contributed by atoms with Crippen LogP contribution in [-0.4, -0.2) is 33.6 Å². The molecule has 5 rings (SSSR count). The number of fused-ring (bicyclic) bond motifs is 1. The summed E-state index contributed by atoms with van der Waals surface area (Å²) in [6.07, 6.45) is 7.44. The Kier molecular flexibility index (Phi) is 5.06. The molecule has 0 fully saturated rings. The molecule has 7 nitrogen and oxygen atoms in total. The molecule has 1 aliphatic rings. The molecule has 4 aromatic rings. The van der Waals surface area contributed by atoms with Gasteiger partial charge < -0.3 is 10.1 Å². The molecule has 0 aliphatic carbocycles. The molecule has 0 saturated heterocycles. The van der Waals surface area contributed by atoms with Crippen LogP contribution in [-0.2, 0) is 6.61 Å². The molecule has 0 radical (unpaired) electrons. The van der Waals surface area contributed by atoms with Gasteiger partial charge in [-0.25, -0.2) is 15.0 Å². The Morgan fingerprint density at radius 1 is 1.00 bits per heavy atom. The van der Waals surface area contributed by atoms with E-state index in [1.54, 1.807) is 12.5 Å². The molecule has 1 aliphatic heterocycles. The predicted molar refractivity (Wildman–Crippen MR) is 122 cm³/mol. The van der Waals surface area contributed by atoms with Gasteiger partial charge in [0.25, 0.3) is 0 Å². The molecular formula is C24H22N6O. The molecule has 0 amide bonds. The minimum atomic E-state index is 0.541. The Labute approximate surface area is 180 Å². The summed E-state index contributed by atoms with van der Waals surface area (Å²) in [6.45, 7) is 1.33. The van der Waals surface area contributed by atoms with Crippen molar-refractivity contribution in [3.63, 3.8) is 0 Å². The predicted octanol–water partition coefficient (Wildman–Crippen LogP) is 4.53. The first kappa shape index (κ1) is 18.9. The molecule has 1 N–H and O–H groups in total. The SMILES string of the molecule is CN1C=CCN1c1cc2c(Nc3ccc(OCc4ccccc4)cc3)ncnc2cn1. The first-order valence-corrected chi connectivity index (χ1v) is 10.1. The lowest BCUT2D eigenvalue weighted by atomic mass is 10.2. The standard InChI is InChI=1S/C24H22N6O/c1-29-12-5-13-30(29)23-14-21-22(15-25-23)26-17-27-24(21)28-19-8-10-20(11-9-19)31-16-18-6-3-2-4-7-18/h2-12,14-15,17H,13,16H2,1H3,(H,26,27,28). The van der Waals surface area contributed by atoms with Crippen LogP contribution in [0.4, 0.5) is 17.3 Å². The van der Waals surface area contributed by atoms with Crippen molar-refractivity contribution in [2.45, 2.75) is 6.61 Å². The summed E-state index contributed by atoms with van der Waals surface area (Å²) >= 11 is 0. The molecule has 2 aromatic heterocycles. The molecule has 0 unspecified atom stereocenters. The van der Waals surface area contributed by atoms with E-state index in [0.717, 1.165) is 46.1 Å². The number of aromatic nitrogens is 3. The number of ether oxygens (including phenoxy) is 1. The number of nitrogens with one attached hydrogen (secondary N) is 1. The molecule has 0 spiro atoms. The third-order valence-corrected chi connectivity index (χ3v) is 5.12. The maximum Gasteiger partial charge on any atom is 0.148 e. The van der Waals surface area contributed by atoms with Gasteiger partial charge in [-0.1, -0.05) is 30.3 Å². The summed E-state index contributed by atoms with van der Waals surface area (Å²) in [7, 11) is 2.00. The van der Waals surface area contributed by atoms with Crippen molar-refractivity contribution in [3.05, 3.63) is 91.0 Å². The lowest BCUT2D eigenvalue weighted by molar-refractivity contribution is 0.306. The fourth-order valence-electron chi connectivity index (χ4n) is 3.46. The summed E-state index contributed by atoms with van der Waals surface area (Å²) in [4.78, 5) is 13.4. The molecule has 2 aromatic carbocycles. The average Bonchev–Trinajstić information content (AvgIpc) is 3.25. The Bertz CT molecular complexity index is 1210. The summed E-state index contributed by atoms with van der Waals surface area (Å²) in [5.41, 5.74) is 2.85. The number of hydrogen-bond acceptors (Lipinski definition) is 7. The van der Waals surface area contributed by atoms with Crippen LogP contribution in [0, 0.1) is 0 Å². The number of anilines is 3. The van der Waals surface area contributed by atoms with E-state index in [-0.39, 0.29) is 0 Å². The zero-order chi connectivity index (χ0) is 21.0. The van der Waals surface area contributed by atoms with Crippen molar-refractivity contribution in [1.29, 1.82) is 0 Å². The quantitative estimate of drug-likeness (QED) is 0.501. The topological polar surface area (TPSA) is 66.4 Å². The van der Waals surface area contributed by atoms with Crippen molar-refractivity contribution >= 4 is 28.2 Å². The zero-order valence-electron chi connectivity index (χ0n) is 17.1. The number of hydrogen-bond donors (Lipinski definition) is 1. The first-order chi connectivity index (χ1) is 15.3. The Morgan fingerprint density at radius 2 is 1.84 bits per heavy atom. The summed E-state index contributed by atoms with van der Waals surface area (Å²) in [6, 6.07) is 20.0. The Hall–Kier alpha value is -4.13. The fourth-order valence-corrected chi connectivity index (χ4v) is 3.46. The van der Waals surface area contributed by atoms with Gasteiger partial charge in [0.2, 0.25) is 0 Å². The van der Waals surface area contributed by atoms with Crippen LogP contribution < -0.4 is 15.1 Å². The average molecular weight is 410 g/mol. The van der Waals surface area contributed by atoms with Gasteiger partial charge in [-0.15, -0.1) is 0 Å². The number of rotatable bonds is 6. The van der Waals surface area contributed by atoms with E-state index in [1.165, 1.54) is 0 Å². The maximum absolute atomic E-state index is 5.87. The summed E-state index contributed by atoms with van der Waals surface area (Å²) in [5.74, 6) is 2.40. The van der Waals surface area contributed by atoms with E-state index >= 15 is 0 Å². The minimum absolute atomic E-state index is 0.541. The normalized spacial score (nSPS) is 13.1. The maximum atomic E-state index is 5.87. The number of pyridine rings is 1. The van der Waals surface area contributed by atoms with Crippen LogP contribution in [0.5, 0.6) is 5.75 Å². The van der Waals surface area contributed by atoms with Crippen LogP contribution in [0.2, 0.25) is 0 Å². The monoisotopic (exact) mass is 410 g/mol. The second kappa shape index (κ2) is 8.31. The van der Waals surface area contributed by atoms with E-state index in [4.69, 9.17) is 4.74 Å². The highest BCUT2D eigenvalue weighted by molar-refractivity contribution is 5.91. The molecule has 31 heavy (non-hydrogen) atoms. The molecular weight excluding hydrogens is 388 g/mol. The molecule has 0 bridgehead atoms. The van der Waals surface area contributed by atoms with Crippen LogP contribution in [0.3, 0.4) is 0 Å². The fraction of sp³-hybridized carbons (Fsp3) is 0.125. The smallest absolute Gasteiger partial charge is 0.148 e. The molecule has 0 saturated carbocycles. The van der Waals surface area contributed by atoms with Crippen molar-refractivity contribution in [2.75, 3.05) is 23.9 Å². The molecule has 3 heterocycles. The van der Waals surface area contributed by atoms with Gasteiger partial charge in [0.1, 0.15) is 30.3 Å². The van der Waals surface area contributed by atoms with E-state index in [1.807, 2.05) is 66.8 Å². The van der Waals surface area contributed by atoms with Gasteiger partial charge in [0, 0.05) is 24.3 Å². The van der Waals surface area contributed by atoms with Crippen LogP contribution in [0.15, 0.2) is 85.5 Å². The number of hydrazine groups is 1. The molecule has 0 atom stereocenters. The van der Waals surface area contributed by atoms with Crippen LogP contribution in [0.1, 0.15) is 5.56 Å². The minimum Gasteiger partial charge on any atom is -0.489 e. The highest BCUT2D eigenvalue weighted by atomic mass is 16.5. The van der Waals surface area contributed by atoms with E-state index in [9.17, 15) is 0 Å². The Morgan fingerprint density at radius 3 is 2.61 bits per heavy atom. The van der Waals surface area contributed by atoms with Crippen molar-refractivity contribution in [1.82, 2.24) is 20.0 Å². The third kappa shape index (κ3) is 4.11. The van der Waals surface area contributed by atoms with Gasteiger partial charge in [-0.05, 0) is 42.0 Å². The van der Waals surface area contributed by atoms with Gasteiger partial charge in [0.05, 0.1) is 18.3 Å². The zero-order valence-corrected chi connectivity index (χ0v) is 17.1. The summed E-state index contributed by atoms with van der Waals surface area (Å²) in [5, 5.41) is 8.40. The second-order valence-corrected chi connectivity index (χ2v) is 7.25. The largest absolute Gasteiger partial charge is 0.489 e. The van der Waals surface area contributed by atoms with Crippen LogP contribution in [0.25, 0.3) is 10.9 Å². The van der Waals surface area contributed by atoms with Gasteiger partial charge in [-0.3, -0.25) is 10.0 Å². The lowest BCUT2D eigenvalue weighted by Crippen LogP contribution is -2.32. The Balaban J connectivity index is 1.33. The lowest BCUT2D eigenvalue weighted by Gasteiger charge is -2.26. The van der Waals surface area contributed by atoms with Crippen LogP contribution >= 0.6 is 0 Å². The number of benzene rings is 2. The van der Waals surface area contributed by atoms with Gasteiger partial charge >= 0.3 is 0 Å². The second-order valence-electron chi connectivity index (χ2n) is 7.25. The highest BCUT2D eigenvalue weighted by Gasteiger charge is 2.16. The highest BCUT2D eigenvalue weighted by Crippen LogP contribution is 2.28. The van der Waals surface area contributed by atoms with Crippen molar-refractivity contribution in [2.24, 2.45) is 0 Å². The third-order valence-electron chi connectivity index (χ3n) is 5.12. The summed E-state index contributed by atoms with van der Waals surface area (Å²) < 4.78 is 5.87. The van der Waals surface area contributed by atoms with E-state index in [2.05, 4.69) is 43.5 Å². The van der Waals surface area contributed by atoms with Gasteiger partial charge in [-0.2, -0.15) is 0 Å².